The van der Waals surface area contributed by atoms with E-state index in [1.54, 1.807) is 30.5 Å². The number of aromatic carboxylic acids is 1. The van der Waals surface area contributed by atoms with Crippen LogP contribution in [0.5, 0.6) is 0 Å². The second-order valence-corrected chi connectivity index (χ2v) is 5.54. The molecular weight excluding hydrogens is 290 g/mol. The van der Waals surface area contributed by atoms with Gasteiger partial charge < -0.3 is 10.0 Å². The summed E-state index contributed by atoms with van der Waals surface area (Å²) in [6.07, 6.45) is 4.29. The average Bonchev–Trinajstić information content (AvgIpc) is 3.10. The zero-order valence-corrected chi connectivity index (χ0v) is 12.8. The van der Waals surface area contributed by atoms with Gasteiger partial charge in [0.25, 0.3) is 0 Å². The van der Waals surface area contributed by atoms with Crippen LogP contribution in [0.2, 0.25) is 0 Å². The number of carbonyl (C=O) groups is 1. The number of hydrazone groups is 1. The number of hydrogen-bond donors (Lipinski definition) is 2. The SMILES string of the molecule is O=C(O)c1ccc(N/N=C/c2ccc(N3CCCC3)cc2)cc1. The highest BCUT2D eigenvalue weighted by Gasteiger charge is 2.11. The molecule has 3 rings (SSSR count). The molecule has 0 aliphatic carbocycles. The van der Waals surface area contributed by atoms with Gasteiger partial charge in [-0.2, -0.15) is 5.10 Å². The van der Waals surface area contributed by atoms with Gasteiger partial charge in [0.1, 0.15) is 0 Å². The highest BCUT2D eigenvalue weighted by atomic mass is 16.4. The molecule has 1 aliphatic rings. The molecular formula is C18H19N3O2. The van der Waals surface area contributed by atoms with Crippen LogP contribution in [0.25, 0.3) is 0 Å². The van der Waals surface area contributed by atoms with Crippen molar-refractivity contribution in [2.45, 2.75) is 12.8 Å². The van der Waals surface area contributed by atoms with Crippen LogP contribution in [0.3, 0.4) is 0 Å². The van der Waals surface area contributed by atoms with Crippen LogP contribution < -0.4 is 10.3 Å². The third-order valence-corrected chi connectivity index (χ3v) is 3.90. The molecule has 0 spiro atoms. The first-order valence-corrected chi connectivity index (χ1v) is 7.70. The second-order valence-electron chi connectivity index (χ2n) is 5.54. The van der Waals surface area contributed by atoms with E-state index in [1.807, 2.05) is 12.1 Å². The van der Waals surface area contributed by atoms with Gasteiger partial charge in [-0.25, -0.2) is 4.79 Å². The standard InChI is InChI=1S/C18H19N3O2/c22-18(23)15-5-7-16(8-6-15)20-19-13-14-3-9-17(10-4-14)21-11-1-2-12-21/h3-10,13,20H,1-2,11-12H2,(H,22,23)/b19-13+. The smallest absolute Gasteiger partial charge is 0.335 e. The predicted octanol–water partition coefficient (Wildman–Crippen LogP) is 3.43. The lowest BCUT2D eigenvalue weighted by molar-refractivity contribution is 0.0697. The Kier molecular flexibility index (Phi) is 4.57. The number of rotatable bonds is 5. The van der Waals surface area contributed by atoms with Gasteiger partial charge in [0, 0.05) is 18.8 Å². The maximum absolute atomic E-state index is 10.8. The van der Waals surface area contributed by atoms with Crippen molar-refractivity contribution in [3.63, 3.8) is 0 Å². The van der Waals surface area contributed by atoms with E-state index in [9.17, 15) is 4.79 Å². The third kappa shape index (κ3) is 3.88. The summed E-state index contributed by atoms with van der Waals surface area (Å²) in [4.78, 5) is 13.2. The number of nitrogens with zero attached hydrogens (tertiary/aromatic N) is 2. The molecule has 0 unspecified atom stereocenters. The topological polar surface area (TPSA) is 64.9 Å². The molecule has 1 aliphatic heterocycles. The van der Waals surface area contributed by atoms with E-state index in [1.165, 1.54) is 18.5 Å². The average molecular weight is 309 g/mol. The molecule has 5 nitrogen and oxygen atoms in total. The summed E-state index contributed by atoms with van der Waals surface area (Å²) in [7, 11) is 0. The summed E-state index contributed by atoms with van der Waals surface area (Å²) in [6.45, 7) is 2.28. The van der Waals surface area contributed by atoms with Crippen LogP contribution in [-0.2, 0) is 0 Å². The van der Waals surface area contributed by atoms with Gasteiger partial charge in [-0.1, -0.05) is 12.1 Å². The zero-order chi connectivity index (χ0) is 16.1. The van der Waals surface area contributed by atoms with Crippen molar-refractivity contribution >= 4 is 23.6 Å². The fourth-order valence-electron chi connectivity index (χ4n) is 2.62. The van der Waals surface area contributed by atoms with Crippen molar-refractivity contribution in [1.29, 1.82) is 0 Å². The maximum atomic E-state index is 10.8. The Bertz CT molecular complexity index is 687. The Labute approximate surface area is 135 Å². The van der Waals surface area contributed by atoms with Gasteiger partial charge in [0.15, 0.2) is 0 Å². The normalized spacial score (nSPS) is 14.3. The second kappa shape index (κ2) is 6.96. The van der Waals surface area contributed by atoms with E-state index in [2.05, 4.69) is 27.6 Å². The zero-order valence-electron chi connectivity index (χ0n) is 12.8. The van der Waals surface area contributed by atoms with E-state index in [-0.39, 0.29) is 5.56 Å². The van der Waals surface area contributed by atoms with Gasteiger partial charge in [0.05, 0.1) is 17.5 Å². The lowest BCUT2D eigenvalue weighted by Gasteiger charge is -2.17. The highest BCUT2D eigenvalue weighted by Crippen LogP contribution is 2.20. The third-order valence-electron chi connectivity index (χ3n) is 3.90. The summed E-state index contributed by atoms with van der Waals surface area (Å²) < 4.78 is 0. The van der Waals surface area contributed by atoms with Crippen LogP contribution in [0.4, 0.5) is 11.4 Å². The summed E-state index contributed by atoms with van der Waals surface area (Å²) in [6, 6.07) is 14.8. The minimum absolute atomic E-state index is 0.261. The number of hydrogen-bond acceptors (Lipinski definition) is 4. The van der Waals surface area contributed by atoms with Crippen LogP contribution >= 0.6 is 0 Å². The molecule has 2 aromatic rings. The molecule has 23 heavy (non-hydrogen) atoms. The molecule has 0 bridgehead atoms. The Morgan fingerprint density at radius 2 is 1.70 bits per heavy atom. The molecule has 0 radical (unpaired) electrons. The number of anilines is 2. The maximum Gasteiger partial charge on any atom is 0.335 e. The van der Waals surface area contributed by atoms with Gasteiger partial charge in [0.2, 0.25) is 0 Å². The summed E-state index contributed by atoms with van der Waals surface area (Å²) in [5.74, 6) is -0.932. The van der Waals surface area contributed by atoms with Crippen LogP contribution in [-0.4, -0.2) is 30.4 Å². The minimum atomic E-state index is -0.932. The Morgan fingerprint density at radius 3 is 2.30 bits per heavy atom. The molecule has 1 fully saturated rings. The van der Waals surface area contributed by atoms with Crippen molar-refractivity contribution in [1.82, 2.24) is 0 Å². The molecule has 118 valence electrons. The quantitative estimate of drug-likeness (QED) is 0.656. The van der Waals surface area contributed by atoms with Crippen LogP contribution in [0.1, 0.15) is 28.8 Å². The monoisotopic (exact) mass is 309 g/mol. The van der Waals surface area contributed by atoms with E-state index in [0.717, 1.165) is 24.3 Å². The van der Waals surface area contributed by atoms with Crippen molar-refractivity contribution in [3.05, 3.63) is 59.7 Å². The lowest BCUT2D eigenvalue weighted by Crippen LogP contribution is -2.17. The molecule has 5 heteroatoms. The fourth-order valence-corrected chi connectivity index (χ4v) is 2.62. The molecule has 2 N–H and O–H groups in total. The predicted molar refractivity (Wildman–Crippen MR) is 92.5 cm³/mol. The molecule has 0 atom stereocenters. The van der Waals surface area contributed by atoms with Crippen molar-refractivity contribution in [2.24, 2.45) is 5.10 Å². The lowest BCUT2D eigenvalue weighted by atomic mass is 10.2. The van der Waals surface area contributed by atoms with Crippen LogP contribution in [0.15, 0.2) is 53.6 Å². The summed E-state index contributed by atoms with van der Waals surface area (Å²) in [5, 5.41) is 13.0. The number of nitrogens with one attached hydrogen (secondary N) is 1. The van der Waals surface area contributed by atoms with Gasteiger partial charge >= 0.3 is 5.97 Å². The summed E-state index contributed by atoms with van der Waals surface area (Å²) in [5.41, 5.74) is 6.18. The molecule has 2 aromatic carbocycles. The van der Waals surface area contributed by atoms with Gasteiger partial charge in [-0.3, -0.25) is 5.43 Å². The highest BCUT2D eigenvalue weighted by molar-refractivity contribution is 5.88. The van der Waals surface area contributed by atoms with Gasteiger partial charge in [-0.05, 0) is 54.8 Å². The van der Waals surface area contributed by atoms with Crippen molar-refractivity contribution in [3.8, 4) is 0 Å². The van der Waals surface area contributed by atoms with E-state index in [0.29, 0.717) is 0 Å². The van der Waals surface area contributed by atoms with E-state index in [4.69, 9.17) is 5.11 Å². The van der Waals surface area contributed by atoms with Crippen molar-refractivity contribution in [2.75, 3.05) is 23.4 Å². The first kappa shape index (κ1) is 15.1. The largest absolute Gasteiger partial charge is 0.478 e. The Morgan fingerprint density at radius 1 is 1.04 bits per heavy atom. The molecule has 0 amide bonds. The summed E-state index contributed by atoms with van der Waals surface area (Å²) >= 11 is 0. The first-order chi connectivity index (χ1) is 11.2. The molecule has 1 saturated heterocycles. The van der Waals surface area contributed by atoms with E-state index < -0.39 is 5.97 Å². The van der Waals surface area contributed by atoms with Gasteiger partial charge in [-0.15, -0.1) is 0 Å². The number of carboxylic acids is 1. The fraction of sp³-hybridized carbons (Fsp3) is 0.222. The molecule has 0 aromatic heterocycles. The number of carboxylic acid groups (broad SMARTS) is 1. The molecule has 0 saturated carbocycles. The number of benzene rings is 2. The Balaban J connectivity index is 1.58. The van der Waals surface area contributed by atoms with Crippen molar-refractivity contribution < 1.29 is 9.90 Å². The first-order valence-electron chi connectivity index (χ1n) is 7.70. The van der Waals surface area contributed by atoms with Crippen LogP contribution in [0, 0.1) is 0 Å². The molecule has 1 heterocycles. The minimum Gasteiger partial charge on any atom is -0.478 e. The Hall–Kier alpha value is -2.82. The van der Waals surface area contributed by atoms with E-state index >= 15 is 0 Å².